The van der Waals surface area contributed by atoms with Crippen LogP contribution in [0.3, 0.4) is 0 Å². The lowest BCUT2D eigenvalue weighted by Crippen LogP contribution is -2.55. The van der Waals surface area contributed by atoms with E-state index in [9.17, 15) is 14.4 Å². The molecule has 0 aromatic heterocycles. The standard InChI is InChI=1S/C12H21N3O5/c1-3-20-12(18)9(13)10(16)14-8(2)11(17)15-4-6-19-7-5-15/h8-9H,3-7,13H2,1-2H3,(H,14,16). The summed E-state index contributed by atoms with van der Waals surface area (Å²) in [5.41, 5.74) is 5.44. The lowest BCUT2D eigenvalue weighted by atomic mass is 10.2. The van der Waals surface area contributed by atoms with Crippen LogP contribution < -0.4 is 11.1 Å². The molecule has 2 amide bonds. The van der Waals surface area contributed by atoms with E-state index in [1.54, 1.807) is 18.7 Å². The van der Waals surface area contributed by atoms with Crippen molar-refractivity contribution in [2.75, 3.05) is 32.9 Å². The second kappa shape index (κ2) is 7.81. The van der Waals surface area contributed by atoms with Gasteiger partial charge < -0.3 is 25.4 Å². The molecule has 1 rings (SSSR count). The van der Waals surface area contributed by atoms with Gasteiger partial charge in [-0.2, -0.15) is 0 Å². The van der Waals surface area contributed by atoms with E-state index in [4.69, 9.17) is 10.5 Å². The number of carbonyl (C=O) groups excluding carboxylic acids is 3. The number of nitrogens with two attached hydrogens (primary N) is 1. The highest BCUT2D eigenvalue weighted by molar-refractivity contribution is 6.03. The summed E-state index contributed by atoms with van der Waals surface area (Å²) in [4.78, 5) is 36.7. The van der Waals surface area contributed by atoms with E-state index in [1.807, 2.05) is 0 Å². The van der Waals surface area contributed by atoms with E-state index in [2.05, 4.69) is 10.1 Å². The van der Waals surface area contributed by atoms with Gasteiger partial charge >= 0.3 is 5.97 Å². The van der Waals surface area contributed by atoms with Gasteiger partial charge in [0.2, 0.25) is 11.8 Å². The van der Waals surface area contributed by atoms with Gasteiger partial charge in [-0.15, -0.1) is 0 Å². The molecule has 0 saturated carbocycles. The van der Waals surface area contributed by atoms with Crippen molar-refractivity contribution in [1.29, 1.82) is 0 Å². The lowest BCUT2D eigenvalue weighted by Gasteiger charge is -2.29. The highest BCUT2D eigenvalue weighted by atomic mass is 16.5. The molecule has 114 valence electrons. The quantitative estimate of drug-likeness (QED) is 0.458. The van der Waals surface area contributed by atoms with Gasteiger partial charge in [-0.1, -0.05) is 0 Å². The second-order valence-electron chi connectivity index (χ2n) is 4.40. The first kappa shape index (κ1) is 16.4. The first-order valence-electron chi connectivity index (χ1n) is 6.56. The third kappa shape index (κ3) is 4.46. The molecular weight excluding hydrogens is 266 g/mol. The van der Waals surface area contributed by atoms with Crippen molar-refractivity contribution in [2.45, 2.75) is 25.9 Å². The Morgan fingerprint density at radius 3 is 2.50 bits per heavy atom. The smallest absolute Gasteiger partial charge is 0.332 e. The molecule has 1 aliphatic rings. The van der Waals surface area contributed by atoms with Crippen LogP contribution in [0.15, 0.2) is 0 Å². The molecule has 1 fully saturated rings. The molecule has 3 N–H and O–H groups in total. The van der Waals surface area contributed by atoms with Crippen molar-refractivity contribution in [3.63, 3.8) is 0 Å². The van der Waals surface area contributed by atoms with E-state index in [1.165, 1.54) is 0 Å². The Hall–Kier alpha value is -1.67. The largest absolute Gasteiger partial charge is 0.464 e. The van der Waals surface area contributed by atoms with Crippen molar-refractivity contribution >= 4 is 17.8 Å². The third-order valence-corrected chi connectivity index (χ3v) is 2.87. The monoisotopic (exact) mass is 287 g/mol. The van der Waals surface area contributed by atoms with E-state index >= 15 is 0 Å². The van der Waals surface area contributed by atoms with Crippen LogP contribution in [0.2, 0.25) is 0 Å². The Morgan fingerprint density at radius 1 is 1.35 bits per heavy atom. The van der Waals surface area contributed by atoms with Crippen molar-refractivity contribution in [3.8, 4) is 0 Å². The number of nitrogens with one attached hydrogen (secondary N) is 1. The molecule has 1 heterocycles. The number of hydrogen-bond donors (Lipinski definition) is 2. The fourth-order valence-electron chi connectivity index (χ4n) is 1.76. The summed E-state index contributed by atoms with van der Waals surface area (Å²) < 4.78 is 9.79. The van der Waals surface area contributed by atoms with Crippen molar-refractivity contribution in [1.82, 2.24) is 10.2 Å². The highest BCUT2D eigenvalue weighted by Crippen LogP contribution is 2.01. The summed E-state index contributed by atoms with van der Waals surface area (Å²) in [6, 6.07) is -2.17. The molecule has 0 bridgehead atoms. The summed E-state index contributed by atoms with van der Waals surface area (Å²) in [6.07, 6.45) is 0. The van der Waals surface area contributed by atoms with Gasteiger partial charge in [0, 0.05) is 13.1 Å². The molecule has 0 aliphatic carbocycles. The molecule has 1 aliphatic heterocycles. The maximum absolute atomic E-state index is 12.1. The molecule has 1 saturated heterocycles. The maximum Gasteiger partial charge on any atom is 0.332 e. The predicted molar refractivity (Wildman–Crippen MR) is 69.6 cm³/mol. The average molecular weight is 287 g/mol. The number of rotatable bonds is 5. The third-order valence-electron chi connectivity index (χ3n) is 2.87. The van der Waals surface area contributed by atoms with Gasteiger partial charge in [0.25, 0.3) is 0 Å². The van der Waals surface area contributed by atoms with Gasteiger partial charge in [-0.05, 0) is 13.8 Å². The summed E-state index contributed by atoms with van der Waals surface area (Å²) in [5, 5.41) is 2.42. The minimum absolute atomic E-state index is 0.141. The minimum atomic E-state index is -1.42. The van der Waals surface area contributed by atoms with Gasteiger partial charge in [0.05, 0.1) is 19.8 Å². The topological polar surface area (TPSA) is 111 Å². The number of esters is 1. The molecule has 0 spiro atoms. The predicted octanol–water partition coefficient (Wildman–Crippen LogP) is -1.76. The summed E-state index contributed by atoms with van der Waals surface area (Å²) in [7, 11) is 0. The van der Waals surface area contributed by atoms with Crippen molar-refractivity contribution in [3.05, 3.63) is 0 Å². The van der Waals surface area contributed by atoms with Gasteiger partial charge in [0.15, 0.2) is 6.04 Å². The minimum Gasteiger partial charge on any atom is -0.464 e. The zero-order valence-electron chi connectivity index (χ0n) is 11.8. The van der Waals surface area contributed by atoms with E-state index in [0.717, 1.165) is 0 Å². The van der Waals surface area contributed by atoms with Crippen LogP contribution in [0, 0.1) is 0 Å². The Labute approximate surface area is 117 Å². The first-order chi connectivity index (χ1) is 9.47. The molecule has 2 unspecified atom stereocenters. The normalized spacial score (nSPS) is 18.1. The van der Waals surface area contributed by atoms with Gasteiger partial charge in [0.1, 0.15) is 6.04 Å². The van der Waals surface area contributed by atoms with Crippen LogP contribution >= 0.6 is 0 Å². The van der Waals surface area contributed by atoms with Crippen LogP contribution in [-0.4, -0.2) is 67.7 Å². The number of ether oxygens (including phenoxy) is 2. The van der Waals surface area contributed by atoms with E-state index in [-0.39, 0.29) is 12.5 Å². The van der Waals surface area contributed by atoms with Gasteiger partial charge in [-0.3, -0.25) is 9.59 Å². The fraction of sp³-hybridized carbons (Fsp3) is 0.750. The van der Waals surface area contributed by atoms with Crippen LogP contribution in [0.25, 0.3) is 0 Å². The Morgan fingerprint density at radius 2 is 1.95 bits per heavy atom. The van der Waals surface area contributed by atoms with Crippen molar-refractivity contribution < 1.29 is 23.9 Å². The van der Waals surface area contributed by atoms with Crippen LogP contribution in [0.4, 0.5) is 0 Å². The molecule has 8 nitrogen and oxygen atoms in total. The molecular formula is C12H21N3O5. The fourth-order valence-corrected chi connectivity index (χ4v) is 1.76. The highest BCUT2D eigenvalue weighted by Gasteiger charge is 2.28. The van der Waals surface area contributed by atoms with Gasteiger partial charge in [-0.25, -0.2) is 4.79 Å². The maximum atomic E-state index is 12.1. The molecule has 0 aromatic rings. The number of nitrogens with zero attached hydrogens (tertiary/aromatic N) is 1. The zero-order valence-corrected chi connectivity index (χ0v) is 11.8. The van der Waals surface area contributed by atoms with Crippen LogP contribution in [0.1, 0.15) is 13.8 Å². The molecule has 20 heavy (non-hydrogen) atoms. The molecule has 0 radical (unpaired) electrons. The Kier molecular flexibility index (Phi) is 6.40. The van der Waals surface area contributed by atoms with Crippen LogP contribution in [-0.2, 0) is 23.9 Å². The number of morpholine rings is 1. The molecule has 0 aromatic carbocycles. The number of hydrogen-bond acceptors (Lipinski definition) is 6. The van der Waals surface area contributed by atoms with Crippen molar-refractivity contribution in [2.24, 2.45) is 5.73 Å². The lowest BCUT2D eigenvalue weighted by molar-refractivity contribution is -0.149. The Balaban J connectivity index is 2.47. The van der Waals surface area contributed by atoms with E-state index < -0.39 is 24.0 Å². The number of amides is 2. The first-order valence-corrected chi connectivity index (χ1v) is 6.56. The summed E-state index contributed by atoms with van der Waals surface area (Å²) in [5.74, 6) is -1.76. The van der Waals surface area contributed by atoms with E-state index in [0.29, 0.717) is 26.3 Å². The summed E-state index contributed by atoms with van der Waals surface area (Å²) >= 11 is 0. The number of carbonyl (C=O) groups is 3. The summed E-state index contributed by atoms with van der Waals surface area (Å²) in [6.45, 7) is 5.25. The van der Waals surface area contributed by atoms with Crippen LogP contribution in [0.5, 0.6) is 0 Å². The molecule has 8 heteroatoms. The average Bonchev–Trinajstić information content (AvgIpc) is 2.46. The SMILES string of the molecule is CCOC(=O)C(N)C(=O)NC(C)C(=O)N1CCOCC1. The molecule has 2 atom stereocenters. The second-order valence-corrected chi connectivity index (χ2v) is 4.40. The Bertz CT molecular complexity index is 368. The zero-order chi connectivity index (χ0) is 15.1.